The number of rotatable bonds is 4. The van der Waals surface area contributed by atoms with Crippen molar-refractivity contribution < 1.29 is 13.6 Å². The SMILES string of the molecule is O=C1CNCCN1CCCC1=NC2=CC(F)=CC(F)C2=N1. The molecule has 0 radical (unpaired) electrons. The van der Waals surface area contributed by atoms with Gasteiger partial charge in [-0.25, -0.2) is 18.8 Å². The number of amidine groups is 1. The molecule has 1 unspecified atom stereocenters. The van der Waals surface area contributed by atoms with E-state index in [1.807, 2.05) is 0 Å². The van der Waals surface area contributed by atoms with Gasteiger partial charge < -0.3 is 10.2 Å². The van der Waals surface area contributed by atoms with Gasteiger partial charge in [0.05, 0.1) is 12.2 Å². The highest BCUT2D eigenvalue weighted by atomic mass is 19.1. The lowest BCUT2D eigenvalue weighted by atomic mass is 10.1. The van der Waals surface area contributed by atoms with Crippen molar-refractivity contribution in [1.82, 2.24) is 10.2 Å². The zero-order chi connectivity index (χ0) is 14.8. The molecule has 1 N–H and O–H groups in total. The summed E-state index contributed by atoms with van der Waals surface area (Å²) in [6, 6.07) is 0. The van der Waals surface area contributed by atoms with Crippen LogP contribution in [-0.2, 0) is 4.79 Å². The number of carbonyl (C=O) groups excluding carboxylic acids is 1. The summed E-state index contributed by atoms with van der Waals surface area (Å²) < 4.78 is 26.7. The van der Waals surface area contributed by atoms with Gasteiger partial charge in [0.15, 0.2) is 6.17 Å². The van der Waals surface area contributed by atoms with Gasteiger partial charge in [0.1, 0.15) is 17.4 Å². The fourth-order valence-corrected chi connectivity index (χ4v) is 2.55. The molecule has 21 heavy (non-hydrogen) atoms. The lowest BCUT2D eigenvalue weighted by molar-refractivity contribution is -0.131. The van der Waals surface area contributed by atoms with Crippen LogP contribution in [0.25, 0.3) is 0 Å². The number of allylic oxidation sites excluding steroid dienone is 4. The quantitative estimate of drug-likeness (QED) is 0.845. The number of nitrogens with one attached hydrogen (secondary N) is 1. The summed E-state index contributed by atoms with van der Waals surface area (Å²) >= 11 is 0. The molecule has 3 rings (SSSR count). The zero-order valence-corrected chi connectivity index (χ0v) is 11.5. The van der Waals surface area contributed by atoms with Gasteiger partial charge in [-0.15, -0.1) is 0 Å². The number of hydrogen-bond acceptors (Lipinski definition) is 4. The summed E-state index contributed by atoms with van der Waals surface area (Å²) in [5.74, 6) is -0.0233. The van der Waals surface area contributed by atoms with Crippen molar-refractivity contribution in [1.29, 1.82) is 0 Å². The number of fused-ring (bicyclic) bond motifs is 1. The Hall–Kier alpha value is -1.89. The van der Waals surface area contributed by atoms with Gasteiger partial charge in [-0.2, -0.15) is 0 Å². The summed E-state index contributed by atoms with van der Waals surface area (Å²) in [6.07, 6.45) is 1.82. The predicted octanol–water partition coefficient (Wildman–Crippen LogP) is 1.14. The second-order valence-corrected chi connectivity index (χ2v) is 5.17. The molecule has 1 fully saturated rings. The zero-order valence-electron chi connectivity index (χ0n) is 11.5. The number of piperazine rings is 1. The third-order valence-electron chi connectivity index (χ3n) is 3.62. The number of carbonyl (C=O) groups is 1. The van der Waals surface area contributed by atoms with Crippen molar-refractivity contribution in [3.05, 3.63) is 23.7 Å². The number of alkyl halides is 1. The Labute approximate surface area is 121 Å². The van der Waals surface area contributed by atoms with E-state index in [-0.39, 0.29) is 17.3 Å². The van der Waals surface area contributed by atoms with Crippen molar-refractivity contribution in [3.63, 3.8) is 0 Å². The molecule has 0 bridgehead atoms. The molecule has 5 nitrogen and oxygen atoms in total. The Morgan fingerprint density at radius 3 is 3.10 bits per heavy atom. The van der Waals surface area contributed by atoms with E-state index < -0.39 is 12.0 Å². The molecule has 1 aliphatic carbocycles. The molecule has 3 aliphatic rings. The van der Waals surface area contributed by atoms with Gasteiger partial charge in [0, 0.05) is 32.1 Å². The van der Waals surface area contributed by atoms with Crippen LogP contribution in [0.3, 0.4) is 0 Å². The maximum atomic E-state index is 13.6. The van der Waals surface area contributed by atoms with E-state index in [1.165, 1.54) is 6.08 Å². The average Bonchev–Trinajstić information content (AvgIpc) is 2.84. The van der Waals surface area contributed by atoms with Gasteiger partial charge in [-0.1, -0.05) is 0 Å². The lowest BCUT2D eigenvalue weighted by Gasteiger charge is -2.27. The van der Waals surface area contributed by atoms with E-state index in [4.69, 9.17) is 0 Å². The second kappa shape index (κ2) is 5.85. The van der Waals surface area contributed by atoms with Gasteiger partial charge in [-0.05, 0) is 12.5 Å². The minimum Gasteiger partial charge on any atom is -0.340 e. The van der Waals surface area contributed by atoms with E-state index >= 15 is 0 Å². The Balaban J connectivity index is 1.54. The molecular formula is C14H16F2N4O. The fourth-order valence-electron chi connectivity index (χ4n) is 2.55. The average molecular weight is 294 g/mol. The molecule has 1 saturated heterocycles. The molecule has 0 spiro atoms. The van der Waals surface area contributed by atoms with E-state index in [2.05, 4.69) is 15.3 Å². The Morgan fingerprint density at radius 2 is 2.29 bits per heavy atom. The summed E-state index contributed by atoms with van der Waals surface area (Å²) in [5, 5.41) is 3.01. The molecule has 2 heterocycles. The highest BCUT2D eigenvalue weighted by Crippen LogP contribution is 2.25. The highest BCUT2D eigenvalue weighted by molar-refractivity contribution is 6.16. The molecular weight excluding hydrogens is 278 g/mol. The van der Waals surface area contributed by atoms with Crippen LogP contribution < -0.4 is 5.32 Å². The molecule has 0 saturated carbocycles. The molecule has 1 amide bonds. The highest BCUT2D eigenvalue weighted by Gasteiger charge is 2.27. The van der Waals surface area contributed by atoms with Crippen LogP contribution in [0.15, 0.2) is 33.7 Å². The van der Waals surface area contributed by atoms with E-state index in [1.54, 1.807) is 4.90 Å². The Bertz CT molecular complexity index is 580. The van der Waals surface area contributed by atoms with Crippen molar-refractivity contribution in [2.75, 3.05) is 26.2 Å². The monoisotopic (exact) mass is 294 g/mol. The lowest BCUT2D eigenvalue weighted by Crippen LogP contribution is -2.48. The minimum absolute atomic E-state index is 0.0902. The summed E-state index contributed by atoms with van der Waals surface area (Å²) in [7, 11) is 0. The first-order valence-corrected chi connectivity index (χ1v) is 7.01. The van der Waals surface area contributed by atoms with Crippen LogP contribution in [0.1, 0.15) is 12.8 Å². The standard InChI is InChI=1S/C14H16F2N4O/c15-9-6-10(16)14-11(7-9)18-12(19-14)2-1-4-20-5-3-17-8-13(20)21/h6-7,10,17H,1-5,8H2. The van der Waals surface area contributed by atoms with Crippen molar-refractivity contribution in [3.8, 4) is 0 Å². The number of nitrogens with zero attached hydrogens (tertiary/aromatic N) is 3. The van der Waals surface area contributed by atoms with Gasteiger partial charge in [0.25, 0.3) is 0 Å². The largest absolute Gasteiger partial charge is 0.340 e. The summed E-state index contributed by atoms with van der Waals surface area (Å²) in [4.78, 5) is 21.7. The van der Waals surface area contributed by atoms with Crippen LogP contribution >= 0.6 is 0 Å². The normalized spacial score (nSPS) is 25.1. The minimum atomic E-state index is -1.53. The van der Waals surface area contributed by atoms with E-state index in [0.29, 0.717) is 38.3 Å². The number of amides is 1. The number of aliphatic imine (C=N–C) groups is 2. The fraction of sp³-hybridized carbons (Fsp3) is 0.500. The summed E-state index contributed by atoms with van der Waals surface area (Å²) in [6.45, 7) is 2.52. The van der Waals surface area contributed by atoms with E-state index in [9.17, 15) is 13.6 Å². The Kier molecular flexibility index (Phi) is 3.92. The van der Waals surface area contributed by atoms with Crippen LogP contribution in [0.5, 0.6) is 0 Å². The number of hydrogen-bond donors (Lipinski definition) is 1. The van der Waals surface area contributed by atoms with Crippen LogP contribution in [0.4, 0.5) is 8.78 Å². The third kappa shape index (κ3) is 3.07. The summed E-state index contributed by atoms with van der Waals surface area (Å²) in [5.41, 5.74) is 0.459. The molecule has 2 aliphatic heterocycles. The van der Waals surface area contributed by atoms with Crippen molar-refractivity contribution in [2.45, 2.75) is 19.0 Å². The molecule has 1 atom stereocenters. The first-order valence-electron chi connectivity index (χ1n) is 7.01. The van der Waals surface area contributed by atoms with Gasteiger partial charge in [0.2, 0.25) is 5.91 Å². The maximum absolute atomic E-state index is 13.6. The molecule has 0 aromatic carbocycles. The van der Waals surface area contributed by atoms with Gasteiger partial charge >= 0.3 is 0 Å². The number of halogens is 2. The van der Waals surface area contributed by atoms with Gasteiger partial charge in [-0.3, -0.25) is 4.79 Å². The third-order valence-corrected chi connectivity index (χ3v) is 3.62. The van der Waals surface area contributed by atoms with Crippen LogP contribution in [0, 0.1) is 0 Å². The molecule has 0 aromatic heterocycles. The predicted molar refractivity (Wildman–Crippen MR) is 75.7 cm³/mol. The molecule has 0 aromatic rings. The van der Waals surface area contributed by atoms with Crippen LogP contribution in [0.2, 0.25) is 0 Å². The second-order valence-electron chi connectivity index (χ2n) is 5.17. The maximum Gasteiger partial charge on any atom is 0.236 e. The van der Waals surface area contributed by atoms with Crippen molar-refractivity contribution in [2.24, 2.45) is 9.98 Å². The molecule has 112 valence electrons. The Morgan fingerprint density at radius 1 is 1.43 bits per heavy atom. The topological polar surface area (TPSA) is 57.1 Å². The van der Waals surface area contributed by atoms with Crippen molar-refractivity contribution >= 4 is 17.5 Å². The van der Waals surface area contributed by atoms with E-state index in [0.717, 1.165) is 12.6 Å². The first kappa shape index (κ1) is 14.1. The first-order chi connectivity index (χ1) is 10.1. The smallest absolute Gasteiger partial charge is 0.236 e. The molecule has 7 heteroatoms. The van der Waals surface area contributed by atoms with Crippen LogP contribution in [-0.4, -0.2) is 54.7 Å².